The highest BCUT2D eigenvalue weighted by molar-refractivity contribution is 5.11. The molecule has 1 fully saturated rings. The molecule has 1 aliphatic rings. The Balaban J connectivity index is 3.66. The van der Waals surface area contributed by atoms with E-state index in [1.807, 2.05) is 0 Å². The summed E-state index contributed by atoms with van der Waals surface area (Å²) in [5.74, 6) is -41.8. The summed E-state index contributed by atoms with van der Waals surface area (Å²) in [7, 11) is 0. The van der Waals surface area contributed by atoms with E-state index in [4.69, 9.17) is 0 Å². The van der Waals surface area contributed by atoms with Crippen molar-refractivity contribution in [3.63, 3.8) is 0 Å². The fourth-order valence-electron chi connectivity index (χ4n) is 2.75. The van der Waals surface area contributed by atoms with E-state index in [0.717, 1.165) is 0 Å². The molecule has 20 heteroatoms. The Morgan fingerprint density at radius 3 is 1.19 bits per heavy atom. The molecule has 0 unspecified atom stereocenters. The number of nitrogens with zero attached hydrogens (tertiary/aromatic N) is 2. The Morgan fingerprint density at radius 1 is 0.562 bits per heavy atom. The molecule has 0 spiro atoms. The molecule has 1 rings (SSSR count). The topological polar surface area (TPSA) is 63.2 Å². The molecule has 0 amide bonds. The van der Waals surface area contributed by atoms with Crippen molar-refractivity contribution in [3.8, 4) is 0 Å². The van der Waals surface area contributed by atoms with Crippen LogP contribution in [0.2, 0.25) is 0 Å². The van der Waals surface area contributed by atoms with Crippen LogP contribution in [0.4, 0.5) is 65.9 Å². The maximum absolute atomic E-state index is 13.9. The van der Waals surface area contributed by atoms with Gasteiger partial charge in [0, 0.05) is 4.91 Å². The first-order valence-corrected chi connectivity index (χ1v) is 7.76. The van der Waals surface area contributed by atoms with E-state index >= 15 is 0 Å². The summed E-state index contributed by atoms with van der Waals surface area (Å²) in [5.41, 5.74) is -3.84. The Bertz CT molecular complexity index is 770. The second kappa shape index (κ2) is 7.22. The number of alkyl halides is 15. The summed E-state index contributed by atoms with van der Waals surface area (Å²) in [6, 6.07) is -7.36. The van der Waals surface area contributed by atoms with Crippen molar-refractivity contribution < 1.29 is 75.5 Å². The molecular formula is C12H8F15N2O3+. The molecule has 188 valence electrons. The average Bonchev–Trinajstić information content (AvgIpc) is 3.10. The Labute approximate surface area is 165 Å². The van der Waals surface area contributed by atoms with Gasteiger partial charge in [0.05, 0.1) is 17.8 Å². The molecule has 0 aromatic heterocycles. The zero-order valence-corrected chi connectivity index (χ0v) is 14.6. The molecule has 0 atom stereocenters. The lowest BCUT2D eigenvalue weighted by atomic mass is 9.92. The van der Waals surface area contributed by atoms with Crippen molar-refractivity contribution in [1.29, 1.82) is 0 Å². The van der Waals surface area contributed by atoms with Gasteiger partial charge in [0.2, 0.25) is 0 Å². The quantitative estimate of drug-likeness (QED) is 0.105. The summed E-state index contributed by atoms with van der Waals surface area (Å²) in [5, 5.41) is 10.9. The molecule has 5 nitrogen and oxygen atoms in total. The number of rotatable bonds is 8. The van der Waals surface area contributed by atoms with Gasteiger partial charge in [-0.2, -0.15) is 57.1 Å². The van der Waals surface area contributed by atoms with Crippen molar-refractivity contribution in [1.82, 2.24) is 0 Å². The average molecular weight is 513 g/mol. The zero-order chi connectivity index (χ0) is 26.0. The molecule has 0 heterocycles. The molecule has 0 N–H and O–H groups in total. The summed E-state index contributed by atoms with van der Waals surface area (Å²) in [6.07, 6.45) is -11.5. The van der Waals surface area contributed by atoms with Crippen molar-refractivity contribution >= 4 is 0 Å². The SMILES string of the molecule is O=[N+]([O-])C1([N+](=O)C(F)(F)C(F)(F)C(F)(F)C(F)(F)C(F)(F)C(F)(F)C(F)(F)F)CCCC1. The number of hydrogen-bond acceptors (Lipinski definition) is 3. The smallest absolute Gasteiger partial charge is 0.258 e. The van der Waals surface area contributed by atoms with E-state index in [-0.39, 0.29) is 0 Å². The molecule has 1 saturated carbocycles. The third-order valence-corrected chi connectivity index (χ3v) is 4.69. The highest BCUT2D eigenvalue weighted by atomic mass is 19.4. The third kappa shape index (κ3) is 3.26. The van der Waals surface area contributed by atoms with Crippen molar-refractivity contribution in [2.45, 2.75) is 73.2 Å². The minimum absolute atomic E-state index is 0.524. The fourth-order valence-corrected chi connectivity index (χ4v) is 2.75. The summed E-state index contributed by atoms with van der Waals surface area (Å²) in [6.45, 7) is 0. The van der Waals surface area contributed by atoms with Crippen LogP contribution < -0.4 is 0 Å². The van der Waals surface area contributed by atoms with Gasteiger partial charge in [-0.1, -0.05) is 0 Å². The predicted octanol–water partition coefficient (Wildman–Crippen LogP) is 5.64. The van der Waals surface area contributed by atoms with Gasteiger partial charge in [0.1, 0.15) is 4.76 Å². The summed E-state index contributed by atoms with van der Waals surface area (Å²) >= 11 is 0. The summed E-state index contributed by atoms with van der Waals surface area (Å²) < 4.78 is 194. The highest BCUT2D eigenvalue weighted by Crippen LogP contribution is 2.62. The van der Waals surface area contributed by atoms with Gasteiger partial charge >= 0.3 is 47.5 Å². The standard InChI is InChI=1S/C12H8F15N2O3/c13-6(14,7(15,16)9(19,20)11(23,24)25)8(17,18)10(21,22)12(26,27)28(30)5(29(31)32)3-1-2-4-5/h1-4H2/q+1. The number of halogens is 15. The number of nitroso groups, excluding NO2 is 1. The predicted molar refractivity (Wildman–Crippen MR) is 67.6 cm³/mol. The Morgan fingerprint density at radius 2 is 0.875 bits per heavy atom. The molecule has 0 aromatic carbocycles. The highest BCUT2D eigenvalue weighted by Gasteiger charge is 2.97. The molecule has 0 aromatic rings. The van der Waals surface area contributed by atoms with Crippen molar-refractivity contribution in [2.75, 3.05) is 0 Å². The molecule has 0 radical (unpaired) electrons. The lowest BCUT2D eigenvalue weighted by Crippen LogP contribution is -2.74. The first kappa shape index (κ1) is 28.0. The fraction of sp³-hybridized carbons (Fsp3) is 1.00. The van der Waals surface area contributed by atoms with E-state index in [0.29, 0.717) is 0 Å². The Hall–Kier alpha value is -2.05. The maximum Gasteiger partial charge on any atom is 0.579 e. The van der Waals surface area contributed by atoms with Gasteiger partial charge in [-0.25, -0.2) is 0 Å². The molecule has 0 bridgehead atoms. The van der Waals surface area contributed by atoms with Gasteiger partial charge in [-0.3, -0.25) is 10.1 Å². The zero-order valence-electron chi connectivity index (χ0n) is 14.6. The van der Waals surface area contributed by atoms with Crippen LogP contribution in [0, 0.1) is 15.0 Å². The van der Waals surface area contributed by atoms with Crippen LogP contribution in [0.1, 0.15) is 25.7 Å². The second-order valence-electron chi connectivity index (χ2n) is 6.65. The number of hydrogen-bond donors (Lipinski definition) is 0. The third-order valence-electron chi connectivity index (χ3n) is 4.69. The van der Waals surface area contributed by atoms with E-state index in [1.165, 1.54) is 0 Å². The molecule has 1 aliphatic carbocycles. The van der Waals surface area contributed by atoms with Crippen LogP contribution in [0.5, 0.6) is 0 Å². The first-order valence-electron chi connectivity index (χ1n) is 7.76. The number of nitro groups is 1. The largest absolute Gasteiger partial charge is 0.579 e. The Kier molecular flexibility index (Phi) is 6.32. The van der Waals surface area contributed by atoms with Crippen LogP contribution in [0.25, 0.3) is 0 Å². The van der Waals surface area contributed by atoms with E-state index in [1.54, 1.807) is 0 Å². The maximum atomic E-state index is 13.9. The lowest BCUT2D eigenvalue weighted by molar-refractivity contribution is -0.891. The normalized spacial score (nSPS) is 19.2. The van der Waals surface area contributed by atoms with Gasteiger partial charge in [-0.15, -0.1) is 8.78 Å². The minimum Gasteiger partial charge on any atom is -0.258 e. The molecule has 0 saturated heterocycles. The van der Waals surface area contributed by atoms with Crippen molar-refractivity contribution in [3.05, 3.63) is 15.0 Å². The molecule has 32 heavy (non-hydrogen) atoms. The van der Waals surface area contributed by atoms with Gasteiger partial charge in [0.25, 0.3) is 0 Å². The first-order chi connectivity index (χ1) is 13.8. The lowest BCUT2D eigenvalue weighted by Gasteiger charge is -2.39. The monoisotopic (exact) mass is 513 g/mol. The van der Waals surface area contributed by atoms with Crippen molar-refractivity contribution in [2.24, 2.45) is 0 Å². The van der Waals surface area contributed by atoms with E-state index in [2.05, 4.69) is 0 Å². The van der Waals surface area contributed by atoms with E-state index < -0.39 is 82.9 Å². The van der Waals surface area contributed by atoms with Crippen LogP contribution in [-0.2, 0) is 0 Å². The molecular weight excluding hydrogens is 505 g/mol. The minimum atomic E-state index is -8.57. The van der Waals surface area contributed by atoms with Gasteiger partial charge in [-0.05, 0) is 12.8 Å². The van der Waals surface area contributed by atoms with Crippen LogP contribution in [-0.4, -0.2) is 57.2 Å². The van der Waals surface area contributed by atoms with Crippen LogP contribution in [0.15, 0.2) is 0 Å². The van der Waals surface area contributed by atoms with Crippen LogP contribution in [0.3, 0.4) is 0 Å². The summed E-state index contributed by atoms with van der Waals surface area (Å²) in [4.78, 5) is 20.5. The second-order valence-corrected chi connectivity index (χ2v) is 6.65. The van der Waals surface area contributed by atoms with E-state index in [9.17, 15) is 80.9 Å². The van der Waals surface area contributed by atoms with Crippen LogP contribution >= 0.6 is 0 Å². The van der Waals surface area contributed by atoms with Gasteiger partial charge < -0.3 is 0 Å². The van der Waals surface area contributed by atoms with Gasteiger partial charge in [0.15, 0.2) is 0 Å². The molecule has 0 aliphatic heterocycles.